The van der Waals surface area contributed by atoms with E-state index in [2.05, 4.69) is 17.3 Å². The summed E-state index contributed by atoms with van der Waals surface area (Å²) in [7, 11) is 2.11. The summed E-state index contributed by atoms with van der Waals surface area (Å²) in [5.41, 5.74) is 5.71. The lowest BCUT2D eigenvalue weighted by Gasteiger charge is -2.26. The molecule has 2 atom stereocenters. The highest BCUT2D eigenvalue weighted by Gasteiger charge is 2.28. The van der Waals surface area contributed by atoms with Crippen molar-refractivity contribution >= 4 is 30.7 Å². The van der Waals surface area contributed by atoms with Crippen LogP contribution in [0.4, 0.5) is 0 Å². The first-order valence-electron chi connectivity index (χ1n) is 6.02. The SMILES string of the molecule is CN1CCC(CNC(=O)[C@@H](N)C(C)(C)C)C1.Cl.Cl. The minimum Gasteiger partial charge on any atom is -0.354 e. The fourth-order valence-electron chi connectivity index (χ4n) is 1.94. The van der Waals surface area contributed by atoms with E-state index in [1.165, 1.54) is 6.42 Å². The van der Waals surface area contributed by atoms with E-state index < -0.39 is 6.04 Å². The Morgan fingerprint density at radius 2 is 2.00 bits per heavy atom. The molecule has 1 aliphatic heterocycles. The fourth-order valence-corrected chi connectivity index (χ4v) is 1.94. The van der Waals surface area contributed by atoms with Gasteiger partial charge in [-0.3, -0.25) is 4.79 Å². The average molecular weight is 300 g/mol. The van der Waals surface area contributed by atoms with Crippen molar-refractivity contribution in [3.05, 3.63) is 0 Å². The predicted octanol–water partition coefficient (Wildman–Crippen LogP) is 1.27. The quantitative estimate of drug-likeness (QED) is 0.825. The molecule has 0 aromatic rings. The van der Waals surface area contributed by atoms with E-state index in [1.807, 2.05) is 20.8 Å². The summed E-state index contributed by atoms with van der Waals surface area (Å²) < 4.78 is 0. The number of carbonyl (C=O) groups is 1. The first-order valence-corrected chi connectivity index (χ1v) is 6.02. The summed E-state index contributed by atoms with van der Waals surface area (Å²) in [5, 5.41) is 2.96. The molecule has 1 heterocycles. The van der Waals surface area contributed by atoms with Crippen molar-refractivity contribution < 1.29 is 4.79 Å². The molecule has 0 aromatic carbocycles. The smallest absolute Gasteiger partial charge is 0.237 e. The van der Waals surface area contributed by atoms with E-state index in [0.717, 1.165) is 19.6 Å². The lowest BCUT2D eigenvalue weighted by atomic mass is 9.87. The van der Waals surface area contributed by atoms with Crippen molar-refractivity contribution in [2.75, 3.05) is 26.7 Å². The van der Waals surface area contributed by atoms with E-state index in [-0.39, 0.29) is 36.1 Å². The summed E-state index contributed by atoms with van der Waals surface area (Å²) in [6.07, 6.45) is 1.17. The molecular weight excluding hydrogens is 273 g/mol. The van der Waals surface area contributed by atoms with Gasteiger partial charge in [-0.1, -0.05) is 20.8 Å². The molecule has 110 valence electrons. The van der Waals surface area contributed by atoms with Gasteiger partial charge >= 0.3 is 0 Å². The van der Waals surface area contributed by atoms with Crippen LogP contribution < -0.4 is 11.1 Å². The highest BCUT2D eigenvalue weighted by molar-refractivity contribution is 5.85. The number of nitrogens with two attached hydrogens (primary N) is 1. The minimum absolute atomic E-state index is 0. The maximum absolute atomic E-state index is 11.8. The molecule has 18 heavy (non-hydrogen) atoms. The molecule has 6 heteroatoms. The van der Waals surface area contributed by atoms with Crippen LogP contribution in [0.25, 0.3) is 0 Å². The zero-order chi connectivity index (χ0) is 12.3. The number of hydrogen-bond acceptors (Lipinski definition) is 3. The number of nitrogens with zero attached hydrogens (tertiary/aromatic N) is 1. The van der Waals surface area contributed by atoms with Crippen molar-refractivity contribution in [2.45, 2.75) is 33.2 Å². The Hall–Kier alpha value is -0.0300. The Kier molecular flexibility index (Phi) is 9.25. The molecule has 1 amide bonds. The number of hydrogen-bond donors (Lipinski definition) is 2. The van der Waals surface area contributed by atoms with Gasteiger partial charge in [0, 0.05) is 13.1 Å². The van der Waals surface area contributed by atoms with Crippen molar-refractivity contribution in [3.63, 3.8) is 0 Å². The second-order valence-corrected chi connectivity index (χ2v) is 6.01. The van der Waals surface area contributed by atoms with Crippen LogP contribution in [0, 0.1) is 11.3 Å². The zero-order valence-corrected chi connectivity index (χ0v) is 13.4. The van der Waals surface area contributed by atoms with Gasteiger partial charge < -0.3 is 16.0 Å². The Morgan fingerprint density at radius 3 is 2.39 bits per heavy atom. The monoisotopic (exact) mass is 299 g/mol. The number of likely N-dealkylation sites (tertiary alicyclic amines) is 1. The first-order chi connectivity index (χ1) is 7.30. The molecule has 1 rings (SSSR count). The van der Waals surface area contributed by atoms with Crippen molar-refractivity contribution in [2.24, 2.45) is 17.1 Å². The van der Waals surface area contributed by atoms with Gasteiger partial charge in [0.1, 0.15) is 0 Å². The number of carbonyl (C=O) groups excluding carboxylic acids is 1. The summed E-state index contributed by atoms with van der Waals surface area (Å²) in [6.45, 7) is 8.92. The highest BCUT2D eigenvalue weighted by Crippen LogP contribution is 2.18. The number of rotatable bonds is 3. The number of nitrogens with one attached hydrogen (secondary N) is 1. The Morgan fingerprint density at radius 1 is 1.44 bits per heavy atom. The average Bonchev–Trinajstić information content (AvgIpc) is 2.58. The van der Waals surface area contributed by atoms with Crippen LogP contribution >= 0.6 is 24.8 Å². The molecule has 0 bridgehead atoms. The zero-order valence-electron chi connectivity index (χ0n) is 11.7. The highest BCUT2D eigenvalue weighted by atomic mass is 35.5. The van der Waals surface area contributed by atoms with Crippen LogP contribution in [-0.4, -0.2) is 43.5 Å². The third kappa shape index (κ3) is 6.23. The number of amides is 1. The first kappa shape index (κ1) is 20.3. The van der Waals surface area contributed by atoms with Crippen molar-refractivity contribution in [3.8, 4) is 0 Å². The van der Waals surface area contributed by atoms with Gasteiger partial charge in [-0.15, -0.1) is 24.8 Å². The van der Waals surface area contributed by atoms with Crippen LogP contribution in [0.3, 0.4) is 0 Å². The van der Waals surface area contributed by atoms with E-state index in [4.69, 9.17) is 5.73 Å². The van der Waals surface area contributed by atoms with Crippen LogP contribution in [0.2, 0.25) is 0 Å². The van der Waals surface area contributed by atoms with Gasteiger partial charge in [-0.05, 0) is 31.3 Å². The summed E-state index contributed by atoms with van der Waals surface area (Å²) in [5.74, 6) is 0.558. The molecule has 1 aliphatic rings. The van der Waals surface area contributed by atoms with E-state index in [0.29, 0.717) is 5.92 Å². The maximum atomic E-state index is 11.8. The molecule has 3 N–H and O–H groups in total. The predicted molar refractivity (Wildman–Crippen MR) is 80.5 cm³/mol. The lowest BCUT2D eigenvalue weighted by molar-refractivity contribution is -0.124. The molecule has 1 saturated heterocycles. The van der Waals surface area contributed by atoms with Crippen molar-refractivity contribution in [1.82, 2.24) is 10.2 Å². The third-order valence-electron chi connectivity index (χ3n) is 3.27. The van der Waals surface area contributed by atoms with Crippen LogP contribution in [0.15, 0.2) is 0 Å². The standard InChI is InChI=1S/C12H25N3O.2ClH/c1-12(2,3)10(13)11(16)14-7-9-5-6-15(4)8-9;;/h9-10H,5-8,13H2,1-4H3,(H,14,16);2*1H/t9?,10-;;/m1../s1. The van der Waals surface area contributed by atoms with Crippen LogP contribution in [0.5, 0.6) is 0 Å². The van der Waals surface area contributed by atoms with Crippen molar-refractivity contribution in [1.29, 1.82) is 0 Å². The molecule has 0 aliphatic carbocycles. The van der Waals surface area contributed by atoms with E-state index >= 15 is 0 Å². The Bertz CT molecular complexity index is 256. The molecule has 0 radical (unpaired) electrons. The summed E-state index contributed by atoms with van der Waals surface area (Å²) in [6, 6.07) is -0.424. The summed E-state index contributed by atoms with van der Waals surface area (Å²) in [4.78, 5) is 14.1. The van der Waals surface area contributed by atoms with Crippen LogP contribution in [-0.2, 0) is 4.79 Å². The maximum Gasteiger partial charge on any atom is 0.237 e. The van der Waals surface area contributed by atoms with Gasteiger partial charge in [-0.25, -0.2) is 0 Å². The minimum atomic E-state index is -0.424. The molecular formula is C12H27Cl2N3O. The van der Waals surface area contributed by atoms with E-state index in [9.17, 15) is 4.79 Å². The number of halogens is 2. The molecule has 4 nitrogen and oxygen atoms in total. The second kappa shape index (κ2) is 8.20. The molecule has 0 saturated carbocycles. The van der Waals surface area contributed by atoms with Gasteiger partial charge in [0.2, 0.25) is 5.91 Å². The Labute approximate surface area is 123 Å². The molecule has 0 aromatic heterocycles. The largest absolute Gasteiger partial charge is 0.354 e. The van der Waals surface area contributed by atoms with Gasteiger partial charge in [0.25, 0.3) is 0 Å². The topological polar surface area (TPSA) is 58.4 Å². The molecule has 1 fully saturated rings. The Balaban J connectivity index is 0. The fraction of sp³-hybridized carbons (Fsp3) is 0.917. The van der Waals surface area contributed by atoms with E-state index in [1.54, 1.807) is 0 Å². The molecule has 0 spiro atoms. The van der Waals surface area contributed by atoms with Gasteiger partial charge in [0.15, 0.2) is 0 Å². The van der Waals surface area contributed by atoms with Gasteiger partial charge in [0.05, 0.1) is 6.04 Å². The summed E-state index contributed by atoms with van der Waals surface area (Å²) >= 11 is 0. The van der Waals surface area contributed by atoms with Crippen LogP contribution in [0.1, 0.15) is 27.2 Å². The van der Waals surface area contributed by atoms with Gasteiger partial charge in [-0.2, -0.15) is 0 Å². The normalized spacial score (nSPS) is 21.7. The third-order valence-corrected chi connectivity index (χ3v) is 3.27. The second-order valence-electron chi connectivity index (χ2n) is 6.01. The molecule has 1 unspecified atom stereocenters. The lowest BCUT2D eigenvalue weighted by Crippen LogP contribution is -2.49.